The lowest BCUT2D eigenvalue weighted by molar-refractivity contribution is 1.10. The Bertz CT molecular complexity index is 452. The zero-order valence-corrected chi connectivity index (χ0v) is 9.21. The van der Waals surface area contributed by atoms with Crippen molar-refractivity contribution in [1.29, 1.82) is 0 Å². The van der Waals surface area contributed by atoms with E-state index in [1.165, 1.54) is 4.88 Å². The van der Waals surface area contributed by atoms with Gasteiger partial charge in [0.05, 0.1) is 12.2 Å². The molecule has 5 heteroatoms. The maximum Gasteiger partial charge on any atom is 0.146 e. The van der Waals surface area contributed by atoms with Crippen LogP contribution in [-0.2, 0) is 6.54 Å². The van der Waals surface area contributed by atoms with E-state index in [-0.39, 0.29) is 0 Å². The number of pyridine rings is 1. The standard InChI is InChI=1S/C10H12N4S/c1-7-5-14-9(15-7)6-13-8-3-2-4-12-10(8)11/h2-5,13H,6H2,1H3,(H2,11,12). The van der Waals surface area contributed by atoms with Gasteiger partial charge in [-0.05, 0) is 19.1 Å². The van der Waals surface area contributed by atoms with Crippen molar-refractivity contribution in [2.75, 3.05) is 11.1 Å². The number of anilines is 2. The van der Waals surface area contributed by atoms with E-state index < -0.39 is 0 Å². The highest BCUT2D eigenvalue weighted by molar-refractivity contribution is 7.11. The van der Waals surface area contributed by atoms with Crippen molar-refractivity contribution in [2.24, 2.45) is 0 Å². The molecule has 0 bridgehead atoms. The quantitative estimate of drug-likeness (QED) is 0.830. The number of aryl methyl sites for hydroxylation is 1. The maximum absolute atomic E-state index is 5.70. The fraction of sp³-hybridized carbons (Fsp3) is 0.200. The largest absolute Gasteiger partial charge is 0.382 e. The van der Waals surface area contributed by atoms with Gasteiger partial charge in [0.2, 0.25) is 0 Å². The predicted octanol–water partition coefficient (Wildman–Crippen LogP) is 2.04. The summed E-state index contributed by atoms with van der Waals surface area (Å²) < 4.78 is 0. The number of nitrogen functional groups attached to an aromatic ring is 1. The third-order valence-corrected chi connectivity index (χ3v) is 2.85. The Morgan fingerprint density at radius 1 is 1.47 bits per heavy atom. The lowest BCUT2D eigenvalue weighted by Crippen LogP contribution is -2.02. The van der Waals surface area contributed by atoms with E-state index in [4.69, 9.17) is 5.73 Å². The van der Waals surface area contributed by atoms with Crippen LogP contribution >= 0.6 is 11.3 Å². The zero-order valence-electron chi connectivity index (χ0n) is 8.40. The fourth-order valence-corrected chi connectivity index (χ4v) is 1.95. The van der Waals surface area contributed by atoms with Gasteiger partial charge in [-0.1, -0.05) is 0 Å². The van der Waals surface area contributed by atoms with Gasteiger partial charge in [0, 0.05) is 17.3 Å². The van der Waals surface area contributed by atoms with Crippen molar-refractivity contribution in [3.63, 3.8) is 0 Å². The first-order valence-electron chi connectivity index (χ1n) is 4.61. The average Bonchev–Trinajstić information content (AvgIpc) is 2.63. The molecular formula is C10H12N4S. The molecule has 0 aliphatic heterocycles. The van der Waals surface area contributed by atoms with E-state index in [9.17, 15) is 0 Å². The summed E-state index contributed by atoms with van der Waals surface area (Å²) in [7, 11) is 0. The molecule has 0 saturated heterocycles. The van der Waals surface area contributed by atoms with E-state index >= 15 is 0 Å². The molecule has 0 amide bonds. The number of rotatable bonds is 3. The van der Waals surface area contributed by atoms with Gasteiger partial charge in [0.1, 0.15) is 10.8 Å². The Hall–Kier alpha value is -1.62. The molecule has 0 aliphatic rings. The lowest BCUT2D eigenvalue weighted by Gasteiger charge is -2.05. The second kappa shape index (κ2) is 4.27. The number of aromatic nitrogens is 2. The van der Waals surface area contributed by atoms with Crippen LogP contribution in [0.1, 0.15) is 9.88 Å². The van der Waals surface area contributed by atoms with E-state index in [2.05, 4.69) is 15.3 Å². The van der Waals surface area contributed by atoms with E-state index in [0.29, 0.717) is 12.4 Å². The molecule has 15 heavy (non-hydrogen) atoms. The Morgan fingerprint density at radius 3 is 3.00 bits per heavy atom. The number of hydrogen-bond donors (Lipinski definition) is 2. The zero-order chi connectivity index (χ0) is 10.7. The highest BCUT2D eigenvalue weighted by atomic mass is 32.1. The smallest absolute Gasteiger partial charge is 0.146 e. The Labute approximate surface area is 92.2 Å². The van der Waals surface area contributed by atoms with Gasteiger partial charge in [-0.25, -0.2) is 9.97 Å². The summed E-state index contributed by atoms with van der Waals surface area (Å²) in [4.78, 5) is 9.46. The molecule has 2 rings (SSSR count). The Morgan fingerprint density at radius 2 is 2.33 bits per heavy atom. The molecule has 0 atom stereocenters. The van der Waals surface area contributed by atoms with Crippen molar-refractivity contribution in [3.05, 3.63) is 34.4 Å². The third kappa shape index (κ3) is 2.44. The van der Waals surface area contributed by atoms with Crippen LogP contribution in [0.4, 0.5) is 11.5 Å². The summed E-state index contributed by atoms with van der Waals surface area (Å²) in [6, 6.07) is 3.76. The summed E-state index contributed by atoms with van der Waals surface area (Å²) in [6.07, 6.45) is 3.54. The number of nitrogens with two attached hydrogens (primary N) is 1. The van der Waals surface area contributed by atoms with E-state index in [1.54, 1.807) is 17.5 Å². The van der Waals surface area contributed by atoms with Crippen LogP contribution in [0.15, 0.2) is 24.5 Å². The normalized spacial score (nSPS) is 10.2. The molecule has 0 spiro atoms. The van der Waals surface area contributed by atoms with Crippen molar-refractivity contribution in [1.82, 2.24) is 9.97 Å². The molecule has 2 aromatic rings. The van der Waals surface area contributed by atoms with Crippen LogP contribution in [0.5, 0.6) is 0 Å². The van der Waals surface area contributed by atoms with Gasteiger partial charge in [-0.15, -0.1) is 11.3 Å². The van der Waals surface area contributed by atoms with Crippen molar-refractivity contribution >= 4 is 22.8 Å². The first kappa shape index (κ1) is 9.92. The van der Waals surface area contributed by atoms with Crippen LogP contribution < -0.4 is 11.1 Å². The summed E-state index contributed by atoms with van der Waals surface area (Å²) >= 11 is 1.68. The first-order chi connectivity index (χ1) is 7.25. The fourth-order valence-electron chi connectivity index (χ4n) is 1.22. The molecular weight excluding hydrogens is 208 g/mol. The minimum absolute atomic E-state index is 0.519. The van der Waals surface area contributed by atoms with Gasteiger partial charge in [0.25, 0.3) is 0 Å². The SMILES string of the molecule is Cc1cnc(CNc2cccnc2N)s1. The molecule has 78 valence electrons. The minimum atomic E-state index is 0.519. The van der Waals surface area contributed by atoms with Crippen molar-refractivity contribution in [2.45, 2.75) is 13.5 Å². The van der Waals surface area contributed by atoms with E-state index in [0.717, 1.165) is 10.7 Å². The van der Waals surface area contributed by atoms with Crippen LogP contribution in [0.3, 0.4) is 0 Å². The third-order valence-electron chi connectivity index (χ3n) is 1.94. The first-order valence-corrected chi connectivity index (χ1v) is 5.43. The molecule has 0 saturated carbocycles. The lowest BCUT2D eigenvalue weighted by atomic mass is 10.4. The molecule has 2 heterocycles. The van der Waals surface area contributed by atoms with Crippen LogP contribution in [0.2, 0.25) is 0 Å². The second-order valence-corrected chi connectivity index (χ2v) is 4.47. The molecule has 0 unspecified atom stereocenters. The highest BCUT2D eigenvalue weighted by Crippen LogP contribution is 2.17. The number of nitrogens with one attached hydrogen (secondary N) is 1. The van der Waals surface area contributed by atoms with Gasteiger partial charge in [-0.3, -0.25) is 0 Å². The summed E-state index contributed by atoms with van der Waals surface area (Å²) in [5.74, 6) is 0.519. The molecule has 0 fully saturated rings. The van der Waals surface area contributed by atoms with Gasteiger partial charge in [0.15, 0.2) is 0 Å². The summed E-state index contributed by atoms with van der Waals surface area (Å²) in [5, 5.41) is 4.25. The molecule has 0 radical (unpaired) electrons. The summed E-state index contributed by atoms with van der Waals surface area (Å²) in [6.45, 7) is 2.73. The molecule has 2 aromatic heterocycles. The van der Waals surface area contributed by atoms with Gasteiger partial charge < -0.3 is 11.1 Å². The average molecular weight is 220 g/mol. The second-order valence-electron chi connectivity index (χ2n) is 3.15. The molecule has 0 aliphatic carbocycles. The molecule has 4 nitrogen and oxygen atoms in total. The topological polar surface area (TPSA) is 63.8 Å². The Balaban J connectivity index is 2.02. The van der Waals surface area contributed by atoms with Crippen molar-refractivity contribution in [3.8, 4) is 0 Å². The molecule has 3 N–H and O–H groups in total. The van der Waals surface area contributed by atoms with Crippen LogP contribution in [-0.4, -0.2) is 9.97 Å². The van der Waals surface area contributed by atoms with E-state index in [1.807, 2.05) is 25.3 Å². The monoisotopic (exact) mass is 220 g/mol. The van der Waals surface area contributed by atoms with Crippen molar-refractivity contribution < 1.29 is 0 Å². The predicted molar refractivity (Wildman–Crippen MR) is 62.8 cm³/mol. The number of hydrogen-bond acceptors (Lipinski definition) is 5. The number of thiazole rings is 1. The summed E-state index contributed by atoms with van der Waals surface area (Å²) in [5.41, 5.74) is 6.55. The van der Waals surface area contributed by atoms with Gasteiger partial charge in [-0.2, -0.15) is 0 Å². The van der Waals surface area contributed by atoms with Crippen LogP contribution in [0, 0.1) is 6.92 Å². The minimum Gasteiger partial charge on any atom is -0.382 e. The Kier molecular flexibility index (Phi) is 2.82. The van der Waals surface area contributed by atoms with Gasteiger partial charge >= 0.3 is 0 Å². The van der Waals surface area contributed by atoms with Crippen LogP contribution in [0.25, 0.3) is 0 Å². The molecule has 0 aromatic carbocycles. The number of nitrogens with zero attached hydrogens (tertiary/aromatic N) is 2. The highest BCUT2D eigenvalue weighted by Gasteiger charge is 2.01. The maximum atomic E-state index is 5.70.